The van der Waals surface area contributed by atoms with E-state index >= 15 is 0 Å². The predicted octanol–water partition coefficient (Wildman–Crippen LogP) is 3.63. The molecule has 0 aliphatic carbocycles. The number of carboxylic acids is 1. The van der Waals surface area contributed by atoms with Crippen LogP contribution in [0.2, 0.25) is 0 Å². The molecular formula is C17H16O3. The lowest BCUT2D eigenvalue weighted by atomic mass is 10.0. The normalized spacial score (nSPS) is 11.4. The van der Waals surface area contributed by atoms with Crippen LogP contribution in [0.3, 0.4) is 0 Å². The molecule has 0 bridgehead atoms. The van der Waals surface area contributed by atoms with E-state index < -0.39 is 5.97 Å². The Morgan fingerprint density at radius 2 is 1.70 bits per heavy atom. The van der Waals surface area contributed by atoms with Crippen molar-refractivity contribution in [2.24, 2.45) is 0 Å². The van der Waals surface area contributed by atoms with Gasteiger partial charge in [0.05, 0.1) is 5.57 Å². The first-order valence-corrected chi connectivity index (χ1v) is 6.28. The van der Waals surface area contributed by atoms with Crippen molar-refractivity contribution in [2.75, 3.05) is 0 Å². The van der Waals surface area contributed by atoms with Gasteiger partial charge < -0.3 is 10.2 Å². The molecule has 0 aromatic heterocycles. The van der Waals surface area contributed by atoms with Gasteiger partial charge >= 0.3 is 5.97 Å². The molecule has 0 aliphatic rings. The average Bonchev–Trinajstić information content (AvgIpc) is 2.34. The van der Waals surface area contributed by atoms with E-state index in [-0.39, 0.29) is 11.3 Å². The fourth-order valence-electron chi connectivity index (χ4n) is 2.20. The van der Waals surface area contributed by atoms with Crippen LogP contribution in [0, 0.1) is 13.8 Å². The van der Waals surface area contributed by atoms with E-state index in [2.05, 4.69) is 0 Å². The maximum atomic E-state index is 11.4. The third-order valence-electron chi connectivity index (χ3n) is 2.94. The SMILES string of the molecule is Cc1cc(C)cc(C=C(C(=O)O)c2cccc(O)c2)c1. The number of rotatable bonds is 3. The number of carbonyl (C=O) groups is 1. The molecule has 102 valence electrons. The summed E-state index contributed by atoms with van der Waals surface area (Å²) in [6.45, 7) is 3.94. The molecule has 20 heavy (non-hydrogen) atoms. The summed E-state index contributed by atoms with van der Waals surface area (Å²) in [5.74, 6) is -0.968. The number of hydrogen-bond acceptors (Lipinski definition) is 2. The van der Waals surface area contributed by atoms with Crippen molar-refractivity contribution >= 4 is 17.6 Å². The molecule has 0 radical (unpaired) electrons. The van der Waals surface area contributed by atoms with Gasteiger partial charge in [-0.25, -0.2) is 4.79 Å². The number of benzene rings is 2. The van der Waals surface area contributed by atoms with Gasteiger partial charge in [-0.05, 0) is 43.2 Å². The van der Waals surface area contributed by atoms with Crippen LogP contribution in [0.25, 0.3) is 11.6 Å². The van der Waals surface area contributed by atoms with Crippen LogP contribution in [-0.4, -0.2) is 16.2 Å². The number of aliphatic carboxylic acids is 1. The van der Waals surface area contributed by atoms with Crippen molar-refractivity contribution < 1.29 is 15.0 Å². The molecule has 0 spiro atoms. The molecule has 3 heteroatoms. The Hall–Kier alpha value is -2.55. The van der Waals surface area contributed by atoms with Gasteiger partial charge in [-0.2, -0.15) is 0 Å². The van der Waals surface area contributed by atoms with E-state index in [1.54, 1.807) is 18.2 Å². The maximum absolute atomic E-state index is 11.4. The molecule has 0 aliphatic heterocycles. The van der Waals surface area contributed by atoms with E-state index in [4.69, 9.17) is 0 Å². The molecule has 2 aromatic rings. The van der Waals surface area contributed by atoms with Gasteiger partial charge in [0.15, 0.2) is 0 Å². The second-order valence-electron chi connectivity index (χ2n) is 4.83. The first-order chi connectivity index (χ1) is 9.45. The Morgan fingerprint density at radius 1 is 1.05 bits per heavy atom. The van der Waals surface area contributed by atoms with Crippen LogP contribution < -0.4 is 0 Å². The van der Waals surface area contributed by atoms with Crippen molar-refractivity contribution in [2.45, 2.75) is 13.8 Å². The Labute approximate surface area is 117 Å². The largest absolute Gasteiger partial charge is 0.508 e. The Balaban J connectivity index is 2.53. The summed E-state index contributed by atoms with van der Waals surface area (Å²) >= 11 is 0. The summed E-state index contributed by atoms with van der Waals surface area (Å²) in [4.78, 5) is 11.4. The highest BCUT2D eigenvalue weighted by molar-refractivity contribution is 6.20. The molecule has 0 saturated heterocycles. The number of aryl methyl sites for hydroxylation is 2. The van der Waals surface area contributed by atoms with Crippen molar-refractivity contribution in [3.8, 4) is 5.75 Å². The van der Waals surface area contributed by atoms with Crippen molar-refractivity contribution in [1.29, 1.82) is 0 Å². The van der Waals surface area contributed by atoms with E-state index in [9.17, 15) is 15.0 Å². The van der Waals surface area contributed by atoms with Gasteiger partial charge in [0.1, 0.15) is 5.75 Å². The summed E-state index contributed by atoms with van der Waals surface area (Å²) in [5.41, 5.74) is 3.64. The second kappa shape index (κ2) is 5.61. The molecule has 0 saturated carbocycles. The van der Waals surface area contributed by atoms with Crippen molar-refractivity contribution in [3.63, 3.8) is 0 Å². The van der Waals surface area contributed by atoms with Crippen molar-refractivity contribution in [3.05, 3.63) is 64.7 Å². The van der Waals surface area contributed by atoms with Crippen LogP contribution in [0.15, 0.2) is 42.5 Å². The molecule has 2 rings (SSSR count). The standard InChI is InChI=1S/C17H16O3/c1-11-6-12(2)8-13(7-11)9-16(17(19)20)14-4-3-5-15(18)10-14/h3-10,18H,1-2H3,(H,19,20). The summed E-state index contributed by atoms with van der Waals surface area (Å²) in [7, 11) is 0. The Morgan fingerprint density at radius 3 is 2.25 bits per heavy atom. The summed E-state index contributed by atoms with van der Waals surface area (Å²) in [6, 6.07) is 12.2. The minimum atomic E-state index is -1.02. The molecule has 2 N–H and O–H groups in total. The van der Waals surface area contributed by atoms with Gasteiger partial charge in [0.25, 0.3) is 0 Å². The Kier molecular flexibility index (Phi) is 3.89. The lowest BCUT2D eigenvalue weighted by Crippen LogP contribution is -1.99. The minimum Gasteiger partial charge on any atom is -0.508 e. The highest BCUT2D eigenvalue weighted by Gasteiger charge is 2.11. The van der Waals surface area contributed by atoms with E-state index in [0.29, 0.717) is 5.56 Å². The molecule has 0 unspecified atom stereocenters. The van der Waals surface area contributed by atoms with Gasteiger partial charge in [-0.1, -0.05) is 41.5 Å². The monoisotopic (exact) mass is 268 g/mol. The highest BCUT2D eigenvalue weighted by atomic mass is 16.4. The van der Waals surface area contributed by atoms with Crippen LogP contribution in [0.5, 0.6) is 5.75 Å². The molecule has 3 nitrogen and oxygen atoms in total. The summed E-state index contributed by atoms with van der Waals surface area (Å²) in [5, 5.41) is 18.8. The Bertz CT molecular complexity index is 664. The molecule has 0 fully saturated rings. The van der Waals surface area contributed by atoms with E-state index in [0.717, 1.165) is 16.7 Å². The first kappa shape index (κ1) is 13.9. The lowest BCUT2D eigenvalue weighted by molar-refractivity contribution is -0.130. The molecule has 0 atom stereocenters. The zero-order chi connectivity index (χ0) is 14.7. The summed E-state index contributed by atoms with van der Waals surface area (Å²) < 4.78 is 0. The first-order valence-electron chi connectivity index (χ1n) is 6.28. The van der Waals surface area contributed by atoms with Crippen LogP contribution in [-0.2, 0) is 4.79 Å². The van der Waals surface area contributed by atoms with Crippen LogP contribution >= 0.6 is 0 Å². The topological polar surface area (TPSA) is 57.5 Å². The lowest BCUT2D eigenvalue weighted by Gasteiger charge is -2.05. The van der Waals surface area contributed by atoms with Crippen molar-refractivity contribution in [1.82, 2.24) is 0 Å². The zero-order valence-electron chi connectivity index (χ0n) is 11.4. The zero-order valence-corrected chi connectivity index (χ0v) is 11.4. The van der Waals surface area contributed by atoms with E-state index in [1.165, 1.54) is 12.1 Å². The molecule has 0 heterocycles. The number of carboxylic acid groups (broad SMARTS) is 1. The molecule has 2 aromatic carbocycles. The highest BCUT2D eigenvalue weighted by Crippen LogP contribution is 2.23. The number of phenolic OH excluding ortho intramolecular Hbond substituents is 1. The van der Waals surface area contributed by atoms with Crippen LogP contribution in [0.1, 0.15) is 22.3 Å². The maximum Gasteiger partial charge on any atom is 0.336 e. The quantitative estimate of drug-likeness (QED) is 0.660. The van der Waals surface area contributed by atoms with Gasteiger partial charge in [-0.15, -0.1) is 0 Å². The average molecular weight is 268 g/mol. The van der Waals surface area contributed by atoms with Gasteiger partial charge in [0.2, 0.25) is 0 Å². The van der Waals surface area contributed by atoms with E-state index in [1.807, 2.05) is 32.0 Å². The number of hydrogen-bond donors (Lipinski definition) is 2. The van der Waals surface area contributed by atoms with Gasteiger partial charge in [0, 0.05) is 0 Å². The third kappa shape index (κ3) is 3.26. The fraction of sp³-hybridized carbons (Fsp3) is 0.118. The van der Waals surface area contributed by atoms with Gasteiger partial charge in [-0.3, -0.25) is 0 Å². The number of aromatic hydroxyl groups is 1. The fourth-order valence-corrected chi connectivity index (χ4v) is 2.20. The summed E-state index contributed by atoms with van der Waals surface area (Å²) in [6.07, 6.45) is 1.62. The smallest absolute Gasteiger partial charge is 0.336 e. The molecule has 0 amide bonds. The minimum absolute atomic E-state index is 0.0510. The third-order valence-corrected chi connectivity index (χ3v) is 2.94. The van der Waals surface area contributed by atoms with Crippen LogP contribution in [0.4, 0.5) is 0 Å². The second-order valence-corrected chi connectivity index (χ2v) is 4.83. The molecular weight excluding hydrogens is 252 g/mol. The number of phenols is 1. The predicted molar refractivity (Wildman–Crippen MR) is 79.5 cm³/mol.